The monoisotopic (exact) mass is 294 g/mol. The maximum Gasteiger partial charge on any atom is 0.103 e. The van der Waals surface area contributed by atoms with Crippen LogP contribution in [0.4, 0.5) is 5.69 Å². The van der Waals surface area contributed by atoms with Gasteiger partial charge < -0.3 is 0 Å². The maximum atomic E-state index is 4.58. The molecule has 0 fully saturated rings. The van der Waals surface area contributed by atoms with E-state index in [1.54, 1.807) is 0 Å². The Balaban J connectivity index is 2.47. The molecule has 2 heterocycles. The van der Waals surface area contributed by atoms with Gasteiger partial charge in [0.15, 0.2) is 0 Å². The normalized spacial score (nSPS) is 13.7. The molecular weight excluding hydrogens is 287 g/mol. The summed E-state index contributed by atoms with van der Waals surface area (Å²) < 4.78 is 6.76. The lowest BCUT2D eigenvalue weighted by Crippen LogP contribution is -1.82. The Labute approximate surface area is 91.8 Å². The van der Waals surface area contributed by atoms with Crippen LogP contribution in [-0.4, -0.2) is 4.98 Å². The van der Waals surface area contributed by atoms with Gasteiger partial charge in [-0.05, 0) is 16.2 Å². The Bertz CT molecular complexity index is 558. The molecule has 0 aliphatic carbocycles. The highest BCUT2D eigenvalue weighted by molar-refractivity contribution is 14.2. The number of rotatable bonds is 0. The van der Waals surface area contributed by atoms with Gasteiger partial charge in [0, 0.05) is 38.2 Å². The number of hydrogen-bond donors (Lipinski definition) is 0. The summed E-state index contributed by atoms with van der Waals surface area (Å²) in [4.78, 5) is 4.38. The van der Waals surface area contributed by atoms with E-state index in [1.165, 1.54) is 10.9 Å². The Morgan fingerprint density at radius 3 is 3.14 bits per heavy atom. The number of aromatic nitrogens is 1. The van der Waals surface area contributed by atoms with Crippen LogP contribution < -0.4 is 0 Å². The van der Waals surface area contributed by atoms with Crippen LogP contribution in [0, 0.1) is 0 Å². The van der Waals surface area contributed by atoms with E-state index in [9.17, 15) is 0 Å². The third-order valence-electron chi connectivity index (χ3n) is 2.21. The van der Waals surface area contributed by atoms with Crippen molar-refractivity contribution in [2.24, 2.45) is 3.15 Å². The van der Waals surface area contributed by atoms with Crippen molar-refractivity contribution in [2.75, 3.05) is 0 Å². The van der Waals surface area contributed by atoms with E-state index in [0.717, 1.165) is 11.2 Å². The minimum Gasteiger partial charge on any atom is -0.254 e. The second-order valence-electron chi connectivity index (χ2n) is 3.05. The average Bonchev–Trinajstić information content (AvgIpc) is 2.29. The van der Waals surface area contributed by atoms with Crippen LogP contribution in [-0.2, 0) is 0 Å². The van der Waals surface area contributed by atoms with Gasteiger partial charge in [0.2, 0.25) is 0 Å². The molecular formula is C11H7IN2. The van der Waals surface area contributed by atoms with Crippen LogP contribution in [0.1, 0.15) is 5.56 Å². The molecule has 0 radical (unpaired) electrons. The summed E-state index contributed by atoms with van der Waals surface area (Å²) >= 11 is -0.145. The van der Waals surface area contributed by atoms with Crippen molar-refractivity contribution in [1.29, 1.82) is 0 Å². The molecule has 1 aromatic heterocycles. The lowest BCUT2D eigenvalue weighted by atomic mass is 10.1. The predicted molar refractivity (Wildman–Crippen MR) is 66.9 cm³/mol. The topological polar surface area (TPSA) is 25.2 Å². The predicted octanol–water partition coefficient (Wildman–Crippen LogP) is 4.00. The highest BCUT2D eigenvalue weighted by Gasteiger charge is 2.06. The highest BCUT2D eigenvalue weighted by Crippen LogP contribution is 2.35. The summed E-state index contributed by atoms with van der Waals surface area (Å²) in [5.74, 6) is 0. The number of hydrogen-bond acceptors (Lipinski definition) is 2. The first-order valence-electron chi connectivity index (χ1n) is 4.33. The Morgan fingerprint density at radius 2 is 2.14 bits per heavy atom. The van der Waals surface area contributed by atoms with E-state index in [0.29, 0.717) is 0 Å². The molecule has 0 saturated heterocycles. The molecule has 2 nitrogen and oxygen atoms in total. The lowest BCUT2D eigenvalue weighted by molar-refractivity contribution is 1.40. The second kappa shape index (κ2) is 3.24. The molecule has 0 bridgehead atoms. The van der Waals surface area contributed by atoms with Gasteiger partial charge in [-0.1, -0.05) is 18.2 Å². The van der Waals surface area contributed by atoms with Crippen LogP contribution in [0.25, 0.3) is 17.0 Å². The van der Waals surface area contributed by atoms with Gasteiger partial charge in [-0.3, -0.25) is 4.98 Å². The average molecular weight is 294 g/mol. The molecule has 0 spiro atoms. The minimum absolute atomic E-state index is 0.145. The molecule has 3 heteroatoms. The Kier molecular flexibility index (Phi) is 1.90. The summed E-state index contributed by atoms with van der Waals surface area (Å²) in [6.07, 6.45) is 3.98. The SMILES string of the molecule is C1=Cc2ccc3cccnc3c2N=I1. The van der Waals surface area contributed by atoms with Crippen molar-refractivity contribution in [1.82, 2.24) is 4.98 Å². The smallest absolute Gasteiger partial charge is 0.103 e. The largest absolute Gasteiger partial charge is 0.254 e. The molecule has 14 heavy (non-hydrogen) atoms. The molecule has 1 aromatic carbocycles. The third-order valence-corrected chi connectivity index (χ3v) is 3.65. The van der Waals surface area contributed by atoms with Crippen molar-refractivity contribution in [3.8, 4) is 0 Å². The van der Waals surface area contributed by atoms with Gasteiger partial charge in [-0.2, -0.15) is 0 Å². The number of halogens is 1. The molecule has 2 aromatic rings. The lowest BCUT2D eigenvalue weighted by Gasteiger charge is -2.06. The summed E-state index contributed by atoms with van der Waals surface area (Å²) in [5.41, 5.74) is 3.31. The summed E-state index contributed by atoms with van der Waals surface area (Å²) in [7, 11) is 0. The van der Waals surface area contributed by atoms with Crippen molar-refractivity contribution in [3.63, 3.8) is 0 Å². The molecule has 0 N–H and O–H groups in total. The first-order valence-corrected chi connectivity index (χ1v) is 6.54. The van der Waals surface area contributed by atoms with Crippen LogP contribution in [0.5, 0.6) is 0 Å². The minimum atomic E-state index is -0.145. The van der Waals surface area contributed by atoms with Gasteiger partial charge in [0.25, 0.3) is 0 Å². The van der Waals surface area contributed by atoms with Gasteiger partial charge in [-0.15, -0.1) is 0 Å². The van der Waals surface area contributed by atoms with Gasteiger partial charge in [-0.25, -0.2) is 3.15 Å². The first kappa shape index (κ1) is 8.23. The summed E-state index contributed by atoms with van der Waals surface area (Å²) in [6.45, 7) is 0. The maximum absolute atomic E-state index is 4.58. The van der Waals surface area contributed by atoms with Crippen LogP contribution in [0.2, 0.25) is 0 Å². The second-order valence-corrected chi connectivity index (χ2v) is 4.81. The molecule has 1 aliphatic heterocycles. The fourth-order valence-corrected chi connectivity index (χ4v) is 3.04. The molecule has 0 amide bonds. The molecule has 0 unspecified atom stereocenters. The Morgan fingerprint density at radius 1 is 1.14 bits per heavy atom. The molecule has 3 rings (SSSR count). The number of fused-ring (bicyclic) bond motifs is 3. The van der Waals surface area contributed by atoms with Crippen molar-refractivity contribution < 1.29 is 0 Å². The van der Waals surface area contributed by atoms with Crippen molar-refractivity contribution in [2.45, 2.75) is 0 Å². The number of pyridine rings is 1. The number of nitrogens with zero attached hydrogens (tertiary/aromatic N) is 2. The van der Waals surface area contributed by atoms with E-state index in [2.05, 4.69) is 36.5 Å². The quantitative estimate of drug-likeness (QED) is 0.674. The first-order chi connectivity index (χ1) is 6.95. The summed E-state index contributed by atoms with van der Waals surface area (Å²) in [5, 5.41) is 1.18. The van der Waals surface area contributed by atoms with Crippen LogP contribution in [0.15, 0.2) is 37.7 Å². The molecule has 0 atom stereocenters. The fourth-order valence-electron chi connectivity index (χ4n) is 1.54. The van der Waals surface area contributed by atoms with Crippen molar-refractivity contribution in [3.05, 3.63) is 40.1 Å². The van der Waals surface area contributed by atoms with E-state index >= 15 is 0 Å². The molecule has 1 aliphatic rings. The zero-order valence-electron chi connectivity index (χ0n) is 7.31. The van der Waals surface area contributed by atoms with E-state index < -0.39 is 0 Å². The van der Waals surface area contributed by atoms with E-state index in [4.69, 9.17) is 0 Å². The third kappa shape index (κ3) is 1.19. The molecule has 68 valence electrons. The zero-order valence-corrected chi connectivity index (χ0v) is 9.47. The zero-order chi connectivity index (χ0) is 9.38. The van der Waals surface area contributed by atoms with Crippen molar-refractivity contribution >= 4 is 43.7 Å². The highest BCUT2D eigenvalue weighted by atomic mass is 127. The standard InChI is InChI=1S/C11H7IN2/c1-2-8-3-4-9-5-6-12-14-11(9)10(8)13-7-1/h1-7H. The van der Waals surface area contributed by atoms with Crippen LogP contribution in [0.3, 0.4) is 0 Å². The fraction of sp³-hybridized carbons (Fsp3) is 0. The molecule has 0 saturated carbocycles. The van der Waals surface area contributed by atoms with Crippen LogP contribution >= 0.6 is 21.0 Å². The van der Waals surface area contributed by atoms with E-state index in [1.807, 2.05) is 12.3 Å². The number of benzene rings is 1. The van der Waals surface area contributed by atoms with E-state index in [-0.39, 0.29) is 21.0 Å². The van der Waals surface area contributed by atoms with Gasteiger partial charge >= 0.3 is 0 Å². The Hall–Kier alpha value is -1.10. The van der Waals surface area contributed by atoms with Gasteiger partial charge in [0.1, 0.15) is 5.69 Å². The summed E-state index contributed by atoms with van der Waals surface area (Å²) in [6, 6.07) is 8.25. The van der Waals surface area contributed by atoms with Gasteiger partial charge in [0.05, 0.1) is 5.52 Å².